The molecule has 0 bridgehead atoms. The molecule has 1 amide bonds. The third kappa shape index (κ3) is 2.20. The fourth-order valence-electron chi connectivity index (χ4n) is 1.62. The first-order chi connectivity index (χ1) is 6.19. The van der Waals surface area contributed by atoms with Gasteiger partial charge in [0, 0.05) is 12.6 Å². The van der Waals surface area contributed by atoms with E-state index in [1.54, 1.807) is 7.05 Å². The molecule has 0 aromatic rings. The highest BCUT2D eigenvalue weighted by Gasteiger charge is 2.16. The molecule has 0 heterocycles. The molecule has 1 N–H and O–H groups in total. The van der Waals surface area contributed by atoms with Crippen LogP contribution in [0.1, 0.15) is 26.7 Å². The molecule has 0 spiro atoms. The average molecular weight is 179 g/mol. The lowest BCUT2D eigenvalue weighted by Gasteiger charge is -2.17. The van der Waals surface area contributed by atoms with Gasteiger partial charge in [-0.05, 0) is 24.3 Å². The summed E-state index contributed by atoms with van der Waals surface area (Å²) in [6.45, 7) is 4.26. The molecule has 0 aromatic carbocycles. The minimum Gasteiger partial charge on any atom is -0.355 e. The number of amides is 1. The summed E-state index contributed by atoms with van der Waals surface area (Å²) in [5.74, 6) is 0.614. The molecule has 1 atom stereocenters. The van der Waals surface area contributed by atoms with Gasteiger partial charge in [-0.1, -0.05) is 26.0 Å². The monoisotopic (exact) mass is 179 g/mol. The molecular formula is C11H17NO. The highest BCUT2D eigenvalue weighted by molar-refractivity contribution is 5.97. The average Bonchev–Trinajstić information content (AvgIpc) is 2.16. The molecule has 0 radical (unpaired) electrons. The van der Waals surface area contributed by atoms with Gasteiger partial charge in [-0.15, -0.1) is 0 Å². The van der Waals surface area contributed by atoms with Crippen molar-refractivity contribution in [1.82, 2.24) is 5.32 Å². The molecule has 0 aromatic heterocycles. The first-order valence-corrected chi connectivity index (χ1v) is 4.82. The van der Waals surface area contributed by atoms with Crippen LogP contribution in [0.3, 0.4) is 0 Å². The van der Waals surface area contributed by atoms with Crippen LogP contribution in [0.4, 0.5) is 0 Å². The molecule has 0 saturated carbocycles. The summed E-state index contributed by atoms with van der Waals surface area (Å²) in [4.78, 5) is 11.4. The van der Waals surface area contributed by atoms with Crippen LogP contribution in [0.2, 0.25) is 0 Å². The van der Waals surface area contributed by atoms with Gasteiger partial charge in [0.25, 0.3) is 5.91 Å². The number of nitrogens with one attached hydrogen (secondary N) is 1. The number of hydrogen-bond donors (Lipinski definition) is 1. The van der Waals surface area contributed by atoms with Crippen LogP contribution in [0.5, 0.6) is 0 Å². The zero-order chi connectivity index (χ0) is 9.84. The van der Waals surface area contributed by atoms with E-state index in [9.17, 15) is 4.79 Å². The molecule has 0 aliphatic heterocycles. The Morgan fingerprint density at radius 2 is 2.38 bits per heavy atom. The second kappa shape index (κ2) is 4.26. The van der Waals surface area contributed by atoms with Crippen molar-refractivity contribution >= 4 is 5.91 Å². The van der Waals surface area contributed by atoms with E-state index >= 15 is 0 Å². The van der Waals surface area contributed by atoms with E-state index in [2.05, 4.69) is 25.2 Å². The Morgan fingerprint density at radius 3 is 2.92 bits per heavy atom. The number of carbonyl (C=O) groups is 1. The van der Waals surface area contributed by atoms with Crippen LogP contribution in [0.15, 0.2) is 23.3 Å². The summed E-state index contributed by atoms with van der Waals surface area (Å²) >= 11 is 0. The maximum atomic E-state index is 11.4. The van der Waals surface area contributed by atoms with Gasteiger partial charge >= 0.3 is 0 Å². The van der Waals surface area contributed by atoms with Crippen molar-refractivity contribution in [3.05, 3.63) is 23.3 Å². The fourth-order valence-corrected chi connectivity index (χ4v) is 1.62. The summed E-state index contributed by atoms with van der Waals surface area (Å²) in [6, 6.07) is 0. The van der Waals surface area contributed by atoms with E-state index < -0.39 is 0 Å². The largest absolute Gasteiger partial charge is 0.355 e. The topological polar surface area (TPSA) is 29.1 Å². The Bertz CT molecular complexity index is 263. The third-order valence-electron chi connectivity index (χ3n) is 2.38. The van der Waals surface area contributed by atoms with Gasteiger partial charge < -0.3 is 5.32 Å². The van der Waals surface area contributed by atoms with Gasteiger partial charge in [0.1, 0.15) is 0 Å². The summed E-state index contributed by atoms with van der Waals surface area (Å²) in [5, 5.41) is 2.67. The zero-order valence-electron chi connectivity index (χ0n) is 8.55. The number of rotatable bonds is 2. The molecule has 1 rings (SSSR count). The molecule has 1 unspecified atom stereocenters. The second-order valence-electron chi connectivity index (χ2n) is 3.46. The van der Waals surface area contributed by atoms with Crippen molar-refractivity contribution in [3.63, 3.8) is 0 Å². The highest BCUT2D eigenvalue weighted by atomic mass is 16.1. The lowest BCUT2D eigenvalue weighted by Crippen LogP contribution is -2.22. The number of carbonyl (C=O) groups excluding carboxylic acids is 1. The minimum atomic E-state index is 0.0417. The van der Waals surface area contributed by atoms with Crippen molar-refractivity contribution in [2.45, 2.75) is 26.7 Å². The van der Waals surface area contributed by atoms with E-state index in [0.29, 0.717) is 5.92 Å². The van der Waals surface area contributed by atoms with E-state index in [1.807, 2.05) is 6.08 Å². The Labute approximate surface area is 79.7 Å². The van der Waals surface area contributed by atoms with Gasteiger partial charge in [-0.25, -0.2) is 0 Å². The molecule has 0 fully saturated rings. The predicted molar refractivity (Wildman–Crippen MR) is 54.3 cm³/mol. The second-order valence-corrected chi connectivity index (χ2v) is 3.46. The standard InChI is InChI=1S/C11H17NO/c1-4-9-7-8(2)5-6-10(9)11(13)12-3/h6-8H,4-5H2,1-3H3,(H,12,13). The molecule has 0 saturated heterocycles. The van der Waals surface area contributed by atoms with Gasteiger partial charge in [0.15, 0.2) is 0 Å². The number of likely N-dealkylation sites (N-methyl/N-ethyl adjacent to an activating group) is 1. The van der Waals surface area contributed by atoms with Crippen molar-refractivity contribution in [3.8, 4) is 0 Å². The van der Waals surface area contributed by atoms with Crippen LogP contribution in [-0.4, -0.2) is 13.0 Å². The van der Waals surface area contributed by atoms with Crippen molar-refractivity contribution in [2.24, 2.45) is 5.92 Å². The van der Waals surface area contributed by atoms with E-state index in [0.717, 1.165) is 18.4 Å². The number of hydrogen-bond acceptors (Lipinski definition) is 1. The van der Waals surface area contributed by atoms with Gasteiger partial charge in [0.2, 0.25) is 0 Å². The summed E-state index contributed by atoms with van der Waals surface area (Å²) < 4.78 is 0. The molecular weight excluding hydrogens is 162 g/mol. The highest BCUT2D eigenvalue weighted by Crippen LogP contribution is 2.24. The lowest BCUT2D eigenvalue weighted by atomic mass is 9.90. The molecule has 2 nitrogen and oxygen atoms in total. The normalized spacial score (nSPS) is 21.9. The van der Waals surface area contributed by atoms with E-state index in [1.165, 1.54) is 5.57 Å². The zero-order valence-corrected chi connectivity index (χ0v) is 8.55. The Hall–Kier alpha value is -1.05. The summed E-state index contributed by atoms with van der Waals surface area (Å²) in [7, 11) is 1.68. The molecule has 1 aliphatic rings. The number of allylic oxidation sites excluding steroid dienone is 2. The minimum absolute atomic E-state index is 0.0417. The molecule has 2 heteroatoms. The summed E-state index contributed by atoms with van der Waals surface area (Å²) in [6.07, 6.45) is 6.16. The third-order valence-corrected chi connectivity index (χ3v) is 2.38. The Kier molecular flexibility index (Phi) is 3.29. The van der Waals surface area contributed by atoms with Crippen LogP contribution >= 0.6 is 0 Å². The van der Waals surface area contributed by atoms with Gasteiger partial charge in [0.05, 0.1) is 0 Å². The first-order valence-electron chi connectivity index (χ1n) is 4.82. The van der Waals surface area contributed by atoms with E-state index in [4.69, 9.17) is 0 Å². The molecule has 13 heavy (non-hydrogen) atoms. The summed E-state index contributed by atoms with van der Waals surface area (Å²) in [5.41, 5.74) is 2.04. The lowest BCUT2D eigenvalue weighted by molar-refractivity contribution is -0.116. The van der Waals surface area contributed by atoms with Gasteiger partial charge in [-0.2, -0.15) is 0 Å². The molecule has 72 valence electrons. The quantitative estimate of drug-likeness (QED) is 0.690. The maximum Gasteiger partial charge on any atom is 0.250 e. The van der Waals surface area contributed by atoms with Crippen LogP contribution in [0.25, 0.3) is 0 Å². The van der Waals surface area contributed by atoms with Gasteiger partial charge in [-0.3, -0.25) is 4.79 Å². The maximum absolute atomic E-state index is 11.4. The van der Waals surface area contributed by atoms with Crippen LogP contribution in [-0.2, 0) is 4.79 Å². The Morgan fingerprint density at radius 1 is 1.69 bits per heavy atom. The smallest absolute Gasteiger partial charge is 0.250 e. The van der Waals surface area contributed by atoms with Crippen LogP contribution in [0, 0.1) is 5.92 Å². The molecule has 1 aliphatic carbocycles. The fraction of sp³-hybridized carbons (Fsp3) is 0.545. The first kappa shape index (κ1) is 10.0. The van der Waals surface area contributed by atoms with Crippen LogP contribution < -0.4 is 5.32 Å². The van der Waals surface area contributed by atoms with Crippen molar-refractivity contribution < 1.29 is 4.79 Å². The van der Waals surface area contributed by atoms with Crippen molar-refractivity contribution in [2.75, 3.05) is 7.05 Å². The SMILES string of the molecule is CCC1=CC(C)CC=C1C(=O)NC. The van der Waals surface area contributed by atoms with E-state index in [-0.39, 0.29) is 5.91 Å². The Balaban J connectivity index is 2.86. The predicted octanol–water partition coefficient (Wildman–Crippen LogP) is 2.04. The van der Waals surface area contributed by atoms with Crippen molar-refractivity contribution in [1.29, 1.82) is 0 Å².